The van der Waals surface area contributed by atoms with Gasteiger partial charge in [-0.15, -0.1) is 0 Å². The van der Waals surface area contributed by atoms with Crippen molar-refractivity contribution in [3.05, 3.63) is 0 Å². The summed E-state index contributed by atoms with van der Waals surface area (Å²) in [5.74, 6) is 0. The van der Waals surface area contributed by atoms with Crippen LogP contribution >= 0.6 is 0 Å². The third-order valence-corrected chi connectivity index (χ3v) is 4.91. The lowest BCUT2D eigenvalue weighted by Crippen LogP contribution is -2.64. The van der Waals surface area contributed by atoms with Crippen molar-refractivity contribution < 1.29 is 17.9 Å². The van der Waals surface area contributed by atoms with Gasteiger partial charge in [0, 0.05) is 11.5 Å². The van der Waals surface area contributed by atoms with Gasteiger partial charge in [0.15, 0.2) is 0 Å². The van der Waals surface area contributed by atoms with Crippen LogP contribution in [0.1, 0.15) is 58.3 Å². The second kappa shape index (κ2) is 6.65. The van der Waals surface area contributed by atoms with Gasteiger partial charge >= 0.3 is 6.18 Å². The minimum Gasteiger partial charge on any atom is -0.368 e. The topological polar surface area (TPSA) is 21.3 Å². The molecule has 0 aromatic carbocycles. The smallest absolute Gasteiger partial charge is 0.368 e. The van der Waals surface area contributed by atoms with Gasteiger partial charge in [0.05, 0.1) is 6.10 Å². The average molecular weight is 293 g/mol. The van der Waals surface area contributed by atoms with E-state index in [2.05, 4.69) is 12.2 Å². The quantitative estimate of drug-likeness (QED) is 0.826. The van der Waals surface area contributed by atoms with Crippen LogP contribution in [0.25, 0.3) is 0 Å². The van der Waals surface area contributed by atoms with E-state index >= 15 is 0 Å². The summed E-state index contributed by atoms with van der Waals surface area (Å²) < 4.78 is 42.4. The normalized spacial score (nSPS) is 30.0. The summed E-state index contributed by atoms with van der Waals surface area (Å²) >= 11 is 0. The van der Waals surface area contributed by atoms with E-state index in [1.807, 2.05) is 0 Å². The minimum atomic E-state index is -4.21. The van der Waals surface area contributed by atoms with Gasteiger partial charge in [0.1, 0.15) is 6.61 Å². The molecule has 2 aliphatic carbocycles. The number of hydrogen-bond acceptors (Lipinski definition) is 2. The SMILES string of the molecule is CCCNC1CC(OCC(F)(F)F)C12CCCCCC2. The summed E-state index contributed by atoms with van der Waals surface area (Å²) in [4.78, 5) is 0. The van der Waals surface area contributed by atoms with Crippen molar-refractivity contribution >= 4 is 0 Å². The predicted molar refractivity (Wildman–Crippen MR) is 72.6 cm³/mol. The average Bonchev–Trinajstić information content (AvgIpc) is 2.63. The fourth-order valence-electron chi connectivity index (χ4n) is 3.84. The molecule has 0 saturated heterocycles. The Morgan fingerprint density at radius 1 is 1.15 bits per heavy atom. The van der Waals surface area contributed by atoms with Gasteiger partial charge in [-0.05, 0) is 32.2 Å². The molecule has 0 amide bonds. The third kappa shape index (κ3) is 3.67. The molecule has 2 saturated carbocycles. The van der Waals surface area contributed by atoms with E-state index in [1.165, 1.54) is 12.8 Å². The van der Waals surface area contributed by atoms with Gasteiger partial charge in [-0.1, -0.05) is 32.6 Å². The maximum atomic E-state index is 12.4. The molecule has 0 heterocycles. The highest BCUT2D eigenvalue weighted by Crippen LogP contribution is 2.52. The van der Waals surface area contributed by atoms with Crippen LogP contribution in [0.2, 0.25) is 0 Å². The Labute approximate surface area is 119 Å². The summed E-state index contributed by atoms with van der Waals surface area (Å²) in [6, 6.07) is 0.346. The fraction of sp³-hybridized carbons (Fsp3) is 1.00. The maximum absolute atomic E-state index is 12.4. The number of nitrogens with one attached hydrogen (secondary N) is 1. The molecule has 2 rings (SSSR count). The van der Waals surface area contributed by atoms with Crippen LogP contribution in [0.4, 0.5) is 13.2 Å². The Hall–Kier alpha value is -0.290. The molecule has 2 atom stereocenters. The molecule has 20 heavy (non-hydrogen) atoms. The molecule has 1 N–H and O–H groups in total. The van der Waals surface area contributed by atoms with Crippen LogP contribution in [-0.4, -0.2) is 31.5 Å². The lowest BCUT2D eigenvalue weighted by Gasteiger charge is -2.56. The lowest BCUT2D eigenvalue weighted by molar-refractivity contribution is -0.225. The lowest BCUT2D eigenvalue weighted by atomic mass is 9.57. The van der Waals surface area contributed by atoms with Gasteiger partial charge < -0.3 is 10.1 Å². The number of hydrogen-bond donors (Lipinski definition) is 1. The molecule has 2 nitrogen and oxygen atoms in total. The Balaban J connectivity index is 1.97. The molecule has 1 spiro atoms. The molecule has 0 aromatic rings. The zero-order chi connectivity index (χ0) is 14.6. The first-order chi connectivity index (χ1) is 9.48. The van der Waals surface area contributed by atoms with Gasteiger partial charge in [0.2, 0.25) is 0 Å². The highest BCUT2D eigenvalue weighted by Gasteiger charge is 2.55. The van der Waals surface area contributed by atoms with E-state index in [-0.39, 0.29) is 11.5 Å². The third-order valence-electron chi connectivity index (χ3n) is 4.91. The van der Waals surface area contributed by atoms with Crippen LogP contribution in [0.15, 0.2) is 0 Å². The first-order valence-corrected chi connectivity index (χ1v) is 7.90. The second-order valence-corrected chi connectivity index (χ2v) is 6.30. The summed E-state index contributed by atoms with van der Waals surface area (Å²) in [7, 11) is 0. The van der Waals surface area contributed by atoms with Gasteiger partial charge in [0.25, 0.3) is 0 Å². The van der Waals surface area contributed by atoms with E-state index in [4.69, 9.17) is 4.74 Å². The second-order valence-electron chi connectivity index (χ2n) is 6.30. The van der Waals surface area contributed by atoms with E-state index in [9.17, 15) is 13.2 Å². The zero-order valence-electron chi connectivity index (χ0n) is 12.3. The van der Waals surface area contributed by atoms with Gasteiger partial charge in [-0.3, -0.25) is 0 Å². The monoisotopic (exact) mass is 293 g/mol. The van der Waals surface area contributed by atoms with Crippen molar-refractivity contribution in [2.45, 2.75) is 76.6 Å². The molecule has 118 valence electrons. The molecule has 2 unspecified atom stereocenters. The van der Waals surface area contributed by atoms with Crippen molar-refractivity contribution in [1.82, 2.24) is 5.32 Å². The van der Waals surface area contributed by atoms with Crippen molar-refractivity contribution in [3.8, 4) is 0 Å². The standard InChI is InChI=1S/C15H26F3NO/c1-2-9-19-12-10-13(20-11-15(16,17)18)14(12)7-5-3-4-6-8-14/h12-13,19H,2-11H2,1H3. The molecule has 2 aliphatic rings. The van der Waals surface area contributed by atoms with Crippen molar-refractivity contribution in [2.75, 3.05) is 13.2 Å². The van der Waals surface area contributed by atoms with Crippen LogP contribution in [-0.2, 0) is 4.74 Å². The largest absolute Gasteiger partial charge is 0.411 e. The van der Waals surface area contributed by atoms with Crippen LogP contribution in [0.5, 0.6) is 0 Å². The molecule has 5 heteroatoms. The highest BCUT2D eigenvalue weighted by atomic mass is 19.4. The Kier molecular flexibility index (Phi) is 5.35. The van der Waals surface area contributed by atoms with E-state index in [0.29, 0.717) is 6.04 Å². The summed E-state index contributed by atoms with van der Waals surface area (Å²) in [6.07, 6.45) is 4.03. The Morgan fingerprint density at radius 2 is 1.80 bits per heavy atom. The van der Waals surface area contributed by atoms with Crippen LogP contribution in [0, 0.1) is 5.41 Å². The summed E-state index contributed by atoms with van der Waals surface area (Å²) in [5.41, 5.74) is -0.0447. The van der Waals surface area contributed by atoms with Crippen molar-refractivity contribution in [2.24, 2.45) is 5.41 Å². The molecule has 0 aliphatic heterocycles. The zero-order valence-corrected chi connectivity index (χ0v) is 12.3. The van der Waals surface area contributed by atoms with Crippen LogP contribution < -0.4 is 5.32 Å². The van der Waals surface area contributed by atoms with Crippen LogP contribution in [0.3, 0.4) is 0 Å². The van der Waals surface area contributed by atoms with Gasteiger partial charge in [-0.25, -0.2) is 0 Å². The first kappa shape index (κ1) is 16.1. The van der Waals surface area contributed by atoms with Crippen molar-refractivity contribution in [1.29, 1.82) is 0 Å². The Morgan fingerprint density at radius 3 is 2.35 bits per heavy atom. The molecule has 2 fully saturated rings. The molecular weight excluding hydrogens is 267 g/mol. The Bertz CT molecular complexity index is 298. The van der Waals surface area contributed by atoms with Crippen molar-refractivity contribution in [3.63, 3.8) is 0 Å². The first-order valence-electron chi connectivity index (χ1n) is 7.90. The van der Waals surface area contributed by atoms with Gasteiger partial charge in [-0.2, -0.15) is 13.2 Å². The van der Waals surface area contributed by atoms with E-state index in [1.54, 1.807) is 0 Å². The highest BCUT2D eigenvalue weighted by molar-refractivity contribution is 5.08. The maximum Gasteiger partial charge on any atom is 0.411 e. The molecule has 0 aromatic heterocycles. The van der Waals surface area contributed by atoms with E-state index in [0.717, 1.165) is 45.1 Å². The van der Waals surface area contributed by atoms with E-state index < -0.39 is 12.8 Å². The number of ether oxygens (including phenoxy) is 1. The number of rotatable bonds is 5. The molecule has 0 radical (unpaired) electrons. The minimum absolute atomic E-state index is 0.0447. The predicted octanol–water partition coefficient (Wildman–Crippen LogP) is 4.05. The number of halogens is 3. The molecular formula is C15H26F3NO. The number of alkyl halides is 3. The fourth-order valence-corrected chi connectivity index (χ4v) is 3.84. The molecule has 0 bridgehead atoms. The summed E-state index contributed by atoms with van der Waals surface area (Å²) in [5, 5.41) is 3.52. The summed E-state index contributed by atoms with van der Waals surface area (Å²) in [6.45, 7) is 1.96.